The van der Waals surface area contributed by atoms with Crippen LogP contribution in [0.2, 0.25) is 0 Å². The second-order valence-corrected chi connectivity index (χ2v) is 6.55. The number of aryl methyl sites for hydroxylation is 1. The van der Waals surface area contributed by atoms with Crippen LogP contribution in [-0.2, 0) is 16.2 Å². The van der Waals surface area contributed by atoms with Crippen LogP contribution in [0.25, 0.3) is 0 Å². The molecule has 1 heterocycles. The van der Waals surface area contributed by atoms with Crippen LogP contribution in [0.1, 0.15) is 11.1 Å². The first-order chi connectivity index (χ1) is 11.5. The van der Waals surface area contributed by atoms with Gasteiger partial charge in [-0.25, -0.2) is 13.4 Å². The van der Waals surface area contributed by atoms with E-state index in [0.717, 1.165) is 24.3 Å². The lowest BCUT2D eigenvalue weighted by atomic mass is 10.2. The van der Waals surface area contributed by atoms with Crippen LogP contribution in [0.3, 0.4) is 0 Å². The van der Waals surface area contributed by atoms with Gasteiger partial charge in [0.25, 0.3) is 15.7 Å². The van der Waals surface area contributed by atoms with E-state index in [0.29, 0.717) is 6.20 Å². The largest absolute Gasteiger partial charge is 0.417 e. The molecule has 0 radical (unpaired) electrons. The van der Waals surface area contributed by atoms with Gasteiger partial charge in [-0.2, -0.15) is 13.2 Å². The second kappa shape index (κ2) is 6.64. The Bertz CT molecular complexity index is 898. The van der Waals surface area contributed by atoms with Gasteiger partial charge in [0.05, 0.1) is 15.4 Å². The number of hydrogen-bond donors (Lipinski definition) is 2. The van der Waals surface area contributed by atoms with E-state index in [1.165, 1.54) is 13.0 Å². The summed E-state index contributed by atoms with van der Waals surface area (Å²) in [4.78, 5) is 15.1. The number of nitrogens with zero attached hydrogens (tertiary/aromatic N) is 2. The van der Waals surface area contributed by atoms with Gasteiger partial charge in [0.15, 0.2) is 0 Å². The molecule has 12 heteroatoms. The minimum absolute atomic E-state index is 0.182. The molecule has 134 valence electrons. The number of nitro groups is 1. The first kappa shape index (κ1) is 18.6. The summed E-state index contributed by atoms with van der Waals surface area (Å²) in [5.74, 6) is -0.182. The highest BCUT2D eigenvalue weighted by Crippen LogP contribution is 2.28. The smallest absolute Gasteiger partial charge is 0.292 e. The summed E-state index contributed by atoms with van der Waals surface area (Å²) in [5, 5.41) is 10.9. The van der Waals surface area contributed by atoms with Crippen molar-refractivity contribution in [3.63, 3.8) is 0 Å². The number of sulfonamides is 1. The van der Waals surface area contributed by atoms with Crippen LogP contribution >= 0.6 is 0 Å². The summed E-state index contributed by atoms with van der Waals surface area (Å²) < 4.78 is 61.5. The number of hydrogen-bond acceptors (Lipinski definition) is 6. The minimum Gasteiger partial charge on any atom is -0.292 e. The molecule has 1 aromatic heterocycles. The lowest BCUT2D eigenvalue weighted by molar-refractivity contribution is -0.385. The quantitative estimate of drug-likeness (QED) is 0.612. The van der Waals surface area contributed by atoms with Crippen molar-refractivity contribution in [3.8, 4) is 0 Å². The topological polar surface area (TPSA) is 114 Å². The molecule has 2 N–H and O–H groups in total. The van der Waals surface area contributed by atoms with Crippen molar-refractivity contribution >= 4 is 21.5 Å². The summed E-state index contributed by atoms with van der Waals surface area (Å²) >= 11 is 0. The van der Waals surface area contributed by atoms with Gasteiger partial charge in [0, 0.05) is 17.8 Å². The Labute approximate surface area is 139 Å². The van der Waals surface area contributed by atoms with Crippen LogP contribution in [0.15, 0.2) is 41.4 Å². The van der Waals surface area contributed by atoms with Crippen molar-refractivity contribution in [2.24, 2.45) is 0 Å². The number of aromatic nitrogens is 1. The van der Waals surface area contributed by atoms with Gasteiger partial charge in [-0.1, -0.05) is 6.07 Å². The van der Waals surface area contributed by atoms with Crippen LogP contribution in [0.5, 0.6) is 0 Å². The minimum atomic E-state index is -4.56. The SMILES string of the molecule is Cc1ccc(S(=O)(=O)NNc2ccc(C(F)(F)F)cn2)cc1[N+](=O)[O-]. The summed E-state index contributed by atoms with van der Waals surface area (Å²) in [6.07, 6.45) is -4.03. The molecule has 25 heavy (non-hydrogen) atoms. The number of alkyl halides is 3. The summed E-state index contributed by atoms with van der Waals surface area (Å²) in [5.41, 5.74) is 1.05. The highest BCUT2D eigenvalue weighted by Gasteiger charge is 2.30. The lowest BCUT2D eigenvalue weighted by Gasteiger charge is -2.10. The van der Waals surface area contributed by atoms with E-state index in [1.54, 1.807) is 0 Å². The third-order valence-electron chi connectivity index (χ3n) is 3.09. The van der Waals surface area contributed by atoms with E-state index in [1.807, 2.05) is 4.83 Å². The van der Waals surface area contributed by atoms with Gasteiger partial charge >= 0.3 is 6.18 Å². The maximum Gasteiger partial charge on any atom is 0.417 e. The predicted octanol–water partition coefficient (Wildman–Crippen LogP) is 2.62. The Kier molecular flexibility index (Phi) is 4.94. The maximum atomic E-state index is 12.4. The number of pyridine rings is 1. The monoisotopic (exact) mass is 376 g/mol. The molecule has 0 spiro atoms. The Morgan fingerprint density at radius 1 is 1.20 bits per heavy atom. The van der Waals surface area contributed by atoms with Crippen LogP contribution in [0, 0.1) is 17.0 Å². The normalized spacial score (nSPS) is 12.0. The van der Waals surface area contributed by atoms with Crippen molar-refractivity contribution in [2.75, 3.05) is 5.43 Å². The van der Waals surface area contributed by atoms with Gasteiger partial charge < -0.3 is 0 Å². The standard InChI is InChI=1S/C13H11F3N4O4S/c1-8-2-4-10(6-11(8)20(21)22)25(23,24)19-18-12-5-3-9(7-17-12)13(14,15)16/h2-7,19H,1H3,(H,17,18). The number of anilines is 1. The fourth-order valence-corrected chi connectivity index (χ4v) is 2.64. The first-order valence-electron chi connectivity index (χ1n) is 6.57. The highest BCUT2D eigenvalue weighted by molar-refractivity contribution is 7.89. The van der Waals surface area contributed by atoms with E-state index in [-0.39, 0.29) is 22.0 Å². The van der Waals surface area contributed by atoms with E-state index >= 15 is 0 Å². The number of hydrazine groups is 1. The molecule has 0 saturated heterocycles. The van der Waals surface area contributed by atoms with E-state index in [4.69, 9.17) is 0 Å². The summed E-state index contributed by atoms with van der Waals surface area (Å²) in [6.45, 7) is 1.45. The molecule has 8 nitrogen and oxygen atoms in total. The van der Waals surface area contributed by atoms with E-state index in [2.05, 4.69) is 10.4 Å². The number of rotatable bonds is 5. The number of benzene rings is 1. The van der Waals surface area contributed by atoms with Crippen LogP contribution in [0.4, 0.5) is 24.7 Å². The number of nitrogens with one attached hydrogen (secondary N) is 2. The molecule has 0 fully saturated rings. The molecule has 0 amide bonds. The van der Waals surface area contributed by atoms with Crippen LogP contribution < -0.4 is 10.3 Å². The van der Waals surface area contributed by atoms with E-state index in [9.17, 15) is 31.7 Å². The lowest BCUT2D eigenvalue weighted by Crippen LogP contribution is -2.30. The zero-order chi connectivity index (χ0) is 18.8. The average molecular weight is 376 g/mol. The Morgan fingerprint density at radius 3 is 2.40 bits per heavy atom. The molecule has 0 aliphatic carbocycles. The second-order valence-electron chi connectivity index (χ2n) is 4.87. The predicted molar refractivity (Wildman–Crippen MR) is 81.0 cm³/mol. The third-order valence-corrected chi connectivity index (χ3v) is 4.34. The van der Waals surface area contributed by atoms with Crippen molar-refractivity contribution in [1.29, 1.82) is 0 Å². The molecule has 0 aliphatic heterocycles. The van der Waals surface area contributed by atoms with Crippen molar-refractivity contribution in [2.45, 2.75) is 18.0 Å². The van der Waals surface area contributed by atoms with Gasteiger partial charge in [-0.3, -0.25) is 15.5 Å². The van der Waals surface area contributed by atoms with Gasteiger partial charge in [0.2, 0.25) is 0 Å². The van der Waals surface area contributed by atoms with Crippen molar-refractivity contribution in [3.05, 3.63) is 57.8 Å². The highest BCUT2D eigenvalue weighted by atomic mass is 32.2. The molecule has 0 saturated carbocycles. The molecular formula is C13H11F3N4O4S. The van der Waals surface area contributed by atoms with Crippen LogP contribution in [-0.4, -0.2) is 18.3 Å². The molecule has 0 aliphatic rings. The molecule has 0 bridgehead atoms. The maximum absolute atomic E-state index is 12.4. The molecule has 0 unspecified atom stereocenters. The zero-order valence-electron chi connectivity index (χ0n) is 12.5. The molecule has 2 aromatic rings. The number of nitro benzene ring substituents is 1. The summed E-state index contributed by atoms with van der Waals surface area (Å²) in [7, 11) is -4.20. The van der Waals surface area contributed by atoms with Gasteiger partial charge in [-0.15, -0.1) is 4.83 Å². The Balaban J connectivity index is 2.17. The fourth-order valence-electron chi connectivity index (χ4n) is 1.77. The Morgan fingerprint density at radius 2 is 1.88 bits per heavy atom. The number of halogens is 3. The average Bonchev–Trinajstić information content (AvgIpc) is 2.52. The van der Waals surface area contributed by atoms with Crippen molar-refractivity contribution < 1.29 is 26.5 Å². The Hall–Kier alpha value is -2.73. The molecule has 2 rings (SSSR count). The fraction of sp³-hybridized carbons (Fsp3) is 0.154. The third kappa shape index (κ3) is 4.42. The van der Waals surface area contributed by atoms with E-state index < -0.39 is 26.7 Å². The van der Waals surface area contributed by atoms with Gasteiger partial charge in [-0.05, 0) is 25.1 Å². The molecule has 0 atom stereocenters. The molecular weight excluding hydrogens is 365 g/mol. The molecule has 1 aromatic carbocycles. The van der Waals surface area contributed by atoms with Crippen molar-refractivity contribution in [1.82, 2.24) is 9.82 Å². The zero-order valence-corrected chi connectivity index (χ0v) is 13.4. The first-order valence-corrected chi connectivity index (χ1v) is 8.05. The van der Waals surface area contributed by atoms with Gasteiger partial charge in [0.1, 0.15) is 5.82 Å². The summed E-state index contributed by atoms with van der Waals surface area (Å²) in [6, 6.07) is 4.96.